The molecule has 35 heavy (non-hydrogen) atoms. The molecule has 0 unspecified atom stereocenters. The minimum atomic E-state index is -4.02. The quantitative estimate of drug-likeness (QED) is 0.461. The van der Waals surface area contributed by atoms with Crippen molar-refractivity contribution in [1.82, 2.24) is 4.57 Å². The van der Waals surface area contributed by atoms with E-state index in [0.29, 0.717) is 17.7 Å². The first-order valence-electron chi connectivity index (χ1n) is 11.1. The van der Waals surface area contributed by atoms with Gasteiger partial charge in [0, 0.05) is 36.3 Å². The third-order valence-corrected chi connectivity index (χ3v) is 7.29. The lowest BCUT2D eigenvalue weighted by atomic mass is 9.97. The molecular formula is C24H26FN3O6S. The van der Waals surface area contributed by atoms with Crippen molar-refractivity contribution in [3.8, 4) is 0 Å². The van der Waals surface area contributed by atoms with Gasteiger partial charge in [-0.1, -0.05) is 17.7 Å². The number of halogens is 1. The van der Waals surface area contributed by atoms with E-state index in [9.17, 15) is 27.5 Å². The summed E-state index contributed by atoms with van der Waals surface area (Å²) in [6.45, 7) is 4.33. The van der Waals surface area contributed by atoms with Gasteiger partial charge in [0.15, 0.2) is 0 Å². The van der Waals surface area contributed by atoms with Crippen LogP contribution in [0.15, 0.2) is 52.3 Å². The number of fused-ring (bicyclic) bond motifs is 1. The van der Waals surface area contributed by atoms with Crippen LogP contribution in [-0.2, 0) is 10.1 Å². The largest absolute Gasteiger partial charge is 0.477 e. The summed E-state index contributed by atoms with van der Waals surface area (Å²) in [4.78, 5) is 25.5. The molecule has 1 aromatic heterocycles. The number of rotatable bonds is 4. The minimum Gasteiger partial charge on any atom is -0.477 e. The molecule has 9 nitrogen and oxygen atoms in total. The number of nitrogens with zero attached hydrogens (tertiary/aromatic N) is 2. The summed E-state index contributed by atoms with van der Waals surface area (Å²) in [6, 6.07) is 8.99. The number of anilines is 1. The molecule has 2 atom stereocenters. The van der Waals surface area contributed by atoms with Gasteiger partial charge < -0.3 is 20.3 Å². The molecule has 2 fully saturated rings. The molecular weight excluding hydrogens is 477 g/mol. The predicted molar refractivity (Wildman–Crippen MR) is 129 cm³/mol. The standard InChI is InChI=1S/C17H18FN3O3.C7H8O3S/c1-8-13(19)7-20(8)15-5-14-10(4-12(15)18)16(22)11(17(23)24)6-21(14)9-2-3-9;1-6-2-4-7(5-3-6)11(8,9)10/h4-6,8-9,13H,2-3,7,19H2,1H3,(H,23,24);2-5H,1H3,(H,8,9,10)/t8-,13+;/m1./s1. The second-order valence-corrected chi connectivity index (χ2v) is 10.4. The Morgan fingerprint density at radius 2 is 1.80 bits per heavy atom. The number of pyridine rings is 1. The molecule has 2 aromatic carbocycles. The number of hydrogen-bond donors (Lipinski definition) is 3. The maximum absolute atomic E-state index is 14.6. The zero-order chi connectivity index (χ0) is 25.7. The summed E-state index contributed by atoms with van der Waals surface area (Å²) in [7, 11) is -4.02. The molecule has 0 spiro atoms. The maximum atomic E-state index is 14.6. The van der Waals surface area contributed by atoms with Crippen molar-refractivity contribution >= 4 is 32.7 Å². The van der Waals surface area contributed by atoms with E-state index in [2.05, 4.69) is 0 Å². The van der Waals surface area contributed by atoms with Gasteiger partial charge >= 0.3 is 5.97 Å². The van der Waals surface area contributed by atoms with Crippen molar-refractivity contribution in [2.75, 3.05) is 11.4 Å². The van der Waals surface area contributed by atoms with E-state index in [0.717, 1.165) is 24.5 Å². The van der Waals surface area contributed by atoms with Gasteiger partial charge in [-0.05, 0) is 51.0 Å². The topological polar surface area (TPSA) is 143 Å². The van der Waals surface area contributed by atoms with E-state index in [1.54, 1.807) is 22.8 Å². The number of hydrogen-bond acceptors (Lipinski definition) is 6. The Morgan fingerprint density at radius 3 is 2.29 bits per heavy atom. The van der Waals surface area contributed by atoms with E-state index >= 15 is 0 Å². The number of nitrogens with two attached hydrogens (primary N) is 1. The van der Waals surface area contributed by atoms with Crippen molar-refractivity contribution in [2.45, 2.75) is 49.7 Å². The van der Waals surface area contributed by atoms with Crippen molar-refractivity contribution in [3.05, 3.63) is 69.8 Å². The van der Waals surface area contributed by atoms with Gasteiger partial charge in [0.1, 0.15) is 11.4 Å². The third kappa shape index (κ3) is 4.93. The van der Waals surface area contributed by atoms with Crippen LogP contribution >= 0.6 is 0 Å². The predicted octanol–water partition coefficient (Wildman–Crippen LogP) is 2.95. The number of carboxylic acids is 1. The molecule has 1 saturated carbocycles. The molecule has 5 rings (SSSR count). The van der Waals surface area contributed by atoms with E-state index < -0.39 is 27.3 Å². The first kappa shape index (κ1) is 24.8. The monoisotopic (exact) mass is 503 g/mol. The normalized spacial score (nSPS) is 19.6. The first-order valence-corrected chi connectivity index (χ1v) is 12.5. The van der Waals surface area contributed by atoms with Gasteiger partial charge in [0.05, 0.1) is 16.1 Å². The molecule has 3 aromatic rings. The summed E-state index contributed by atoms with van der Waals surface area (Å²) in [6.07, 6.45) is 3.24. The number of carbonyl (C=O) groups is 1. The average molecular weight is 504 g/mol. The highest BCUT2D eigenvalue weighted by atomic mass is 32.2. The SMILES string of the molecule is C[C@@H]1[C@@H](N)CN1c1cc2c(cc1F)c(=O)c(C(=O)O)cn2C1CC1.Cc1ccc(S(=O)(=O)O)cc1. The van der Waals surface area contributed by atoms with Gasteiger partial charge in [0.25, 0.3) is 10.1 Å². The number of aromatic nitrogens is 1. The molecule has 186 valence electrons. The Labute approximate surface area is 201 Å². The van der Waals surface area contributed by atoms with Crippen LogP contribution in [0.2, 0.25) is 0 Å². The van der Waals surface area contributed by atoms with Crippen molar-refractivity contribution < 1.29 is 27.3 Å². The summed E-state index contributed by atoms with van der Waals surface area (Å²) >= 11 is 0. The highest BCUT2D eigenvalue weighted by Gasteiger charge is 2.35. The smallest absolute Gasteiger partial charge is 0.341 e. The summed E-state index contributed by atoms with van der Waals surface area (Å²) in [5.74, 6) is -1.81. The van der Waals surface area contributed by atoms with Crippen LogP contribution in [-0.4, -0.2) is 47.2 Å². The average Bonchev–Trinajstić information content (AvgIpc) is 3.63. The Kier molecular flexibility index (Phi) is 6.43. The van der Waals surface area contributed by atoms with Crippen LogP contribution in [0.4, 0.5) is 10.1 Å². The molecule has 4 N–H and O–H groups in total. The highest BCUT2D eigenvalue weighted by Crippen LogP contribution is 2.39. The second-order valence-electron chi connectivity index (χ2n) is 8.98. The molecule has 1 saturated heterocycles. The zero-order valence-corrected chi connectivity index (χ0v) is 20.0. The highest BCUT2D eigenvalue weighted by molar-refractivity contribution is 7.85. The Hall–Kier alpha value is -3.28. The number of benzene rings is 2. The van der Waals surface area contributed by atoms with Crippen LogP contribution in [0.3, 0.4) is 0 Å². The summed E-state index contributed by atoms with van der Waals surface area (Å²) in [5.41, 5.74) is 6.88. The molecule has 0 amide bonds. The summed E-state index contributed by atoms with van der Waals surface area (Å²) in [5, 5.41) is 9.36. The fraction of sp³-hybridized carbons (Fsp3) is 0.333. The van der Waals surface area contributed by atoms with E-state index in [1.165, 1.54) is 18.3 Å². The van der Waals surface area contributed by atoms with Crippen LogP contribution in [0.1, 0.15) is 41.7 Å². The van der Waals surface area contributed by atoms with Crippen LogP contribution in [0.25, 0.3) is 10.9 Å². The Balaban J connectivity index is 0.000000221. The van der Waals surface area contributed by atoms with Gasteiger partial charge in [0.2, 0.25) is 5.43 Å². The Bertz CT molecular complexity index is 1470. The minimum absolute atomic E-state index is 0.000100. The second kappa shape index (κ2) is 9.06. The third-order valence-electron chi connectivity index (χ3n) is 6.42. The molecule has 2 aliphatic rings. The van der Waals surface area contributed by atoms with Crippen molar-refractivity contribution in [1.29, 1.82) is 0 Å². The number of aromatic carboxylic acids is 1. The fourth-order valence-corrected chi connectivity index (χ4v) is 4.53. The van der Waals surface area contributed by atoms with E-state index in [-0.39, 0.29) is 34.0 Å². The van der Waals surface area contributed by atoms with E-state index in [4.69, 9.17) is 10.3 Å². The lowest BCUT2D eigenvalue weighted by molar-refractivity contribution is 0.0694. The zero-order valence-electron chi connectivity index (χ0n) is 19.2. The van der Waals surface area contributed by atoms with Gasteiger partial charge in [-0.2, -0.15) is 8.42 Å². The maximum Gasteiger partial charge on any atom is 0.341 e. The summed E-state index contributed by atoms with van der Waals surface area (Å²) < 4.78 is 45.9. The molecule has 1 aliphatic carbocycles. The number of aryl methyl sites for hydroxylation is 1. The lowest BCUT2D eigenvalue weighted by Crippen LogP contribution is -2.63. The van der Waals surface area contributed by atoms with Gasteiger partial charge in [-0.25, -0.2) is 9.18 Å². The fourth-order valence-electron chi connectivity index (χ4n) is 4.05. The molecule has 2 heterocycles. The van der Waals surface area contributed by atoms with Crippen molar-refractivity contribution in [3.63, 3.8) is 0 Å². The molecule has 11 heteroatoms. The first-order chi connectivity index (χ1) is 16.4. The molecule has 1 aliphatic heterocycles. The van der Waals surface area contributed by atoms with Crippen LogP contribution < -0.4 is 16.1 Å². The number of carboxylic acid groups (broad SMARTS) is 1. The molecule has 0 radical (unpaired) electrons. The Morgan fingerprint density at radius 1 is 1.17 bits per heavy atom. The lowest BCUT2D eigenvalue weighted by Gasteiger charge is -2.46. The van der Waals surface area contributed by atoms with Gasteiger partial charge in [-0.3, -0.25) is 9.35 Å². The van der Waals surface area contributed by atoms with Gasteiger partial charge in [-0.15, -0.1) is 0 Å². The van der Waals surface area contributed by atoms with Crippen molar-refractivity contribution in [2.24, 2.45) is 5.73 Å². The molecule has 0 bridgehead atoms. The van der Waals surface area contributed by atoms with E-state index in [1.807, 2.05) is 18.7 Å². The van der Waals surface area contributed by atoms with Crippen LogP contribution in [0, 0.1) is 12.7 Å². The van der Waals surface area contributed by atoms with Crippen LogP contribution in [0.5, 0.6) is 0 Å².